The summed E-state index contributed by atoms with van der Waals surface area (Å²) in [5.74, 6) is 1.12. The Labute approximate surface area is 137 Å². The number of nitrogens with zero attached hydrogens (tertiary/aromatic N) is 1. The zero-order chi connectivity index (χ0) is 14.3. The van der Waals surface area contributed by atoms with E-state index in [4.69, 9.17) is 10.3 Å². The molecule has 3 aromatic rings. The molecule has 3 rings (SSSR count). The molecule has 0 atom stereocenters. The third-order valence-corrected chi connectivity index (χ3v) is 5.60. The van der Waals surface area contributed by atoms with Gasteiger partial charge in [-0.3, -0.25) is 0 Å². The second-order valence-electron chi connectivity index (χ2n) is 4.35. The lowest BCUT2D eigenvalue weighted by molar-refractivity contribution is 0.437. The van der Waals surface area contributed by atoms with E-state index in [1.807, 2.05) is 31.2 Å². The number of benzene rings is 1. The van der Waals surface area contributed by atoms with Gasteiger partial charge in [0.15, 0.2) is 11.6 Å². The zero-order valence-corrected chi connectivity index (χ0v) is 14.5. The predicted octanol–water partition coefficient (Wildman–Crippen LogP) is 5.49. The van der Waals surface area contributed by atoms with Gasteiger partial charge in [0.05, 0.1) is 14.2 Å². The number of halogens is 2. The van der Waals surface area contributed by atoms with Gasteiger partial charge in [0, 0.05) is 4.47 Å². The molecule has 0 aliphatic heterocycles. The van der Waals surface area contributed by atoms with Gasteiger partial charge in [0.2, 0.25) is 0 Å². The van der Waals surface area contributed by atoms with E-state index in [0.717, 1.165) is 24.3 Å². The molecule has 2 N–H and O–H groups in total. The van der Waals surface area contributed by atoms with Gasteiger partial charge in [0.25, 0.3) is 0 Å². The first kappa shape index (κ1) is 13.9. The first-order chi connectivity index (χ1) is 9.56. The molecule has 0 saturated heterocycles. The van der Waals surface area contributed by atoms with Crippen LogP contribution in [0.3, 0.4) is 0 Å². The van der Waals surface area contributed by atoms with Crippen LogP contribution in [0.2, 0.25) is 0 Å². The zero-order valence-electron chi connectivity index (χ0n) is 10.5. The summed E-state index contributed by atoms with van der Waals surface area (Å²) < 4.78 is 7.55. The predicted molar refractivity (Wildman–Crippen MR) is 89.8 cm³/mol. The van der Waals surface area contributed by atoms with E-state index in [0.29, 0.717) is 11.6 Å². The van der Waals surface area contributed by atoms with Gasteiger partial charge in [0.1, 0.15) is 0 Å². The molecule has 0 spiro atoms. The van der Waals surface area contributed by atoms with Crippen molar-refractivity contribution in [1.82, 2.24) is 5.16 Å². The highest BCUT2D eigenvalue weighted by Crippen LogP contribution is 2.42. The van der Waals surface area contributed by atoms with Crippen molar-refractivity contribution in [2.75, 3.05) is 5.73 Å². The number of anilines is 1. The third-order valence-electron chi connectivity index (χ3n) is 2.93. The Balaban J connectivity index is 2.16. The third kappa shape index (κ3) is 2.43. The molecule has 102 valence electrons. The van der Waals surface area contributed by atoms with Crippen LogP contribution >= 0.6 is 43.2 Å². The lowest BCUT2D eigenvalue weighted by Crippen LogP contribution is -1.88. The van der Waals surface area contributed by atoms with Crippen LogP contribution in [0.1, 0.15) is 5.56 Å². The summed E-state index contributed by atoms with van der Waals surface area (Å²) in [6.45, 7) is 2.04. The van der Waals surface area contributed by atoms with Crippen LogP contribution in [0, 0.1) is 6.92 Å². The minimum absolute atomic E-state index is 0.407. The van der Waals surface area contributed by atoms with E-state index in [9.17, 15) is 0 Å². The molecular weight excluding hydrogens is 404 g/mol. The molecule has 0 radical (unpaired) electrons. The first-order valence-corrected chi connectivity index (χ1v) is 8.24. The maximum Gasteiger partial charge on any atom is 0.186 e. The topological polar surface area (TPSA) is 52.0 Å². The summed E-state index contributed by atoms with van der Waals surface area (Å²) in [5, 5.41) is 3.91. The van der Waals surface area contributed by atoms with Crippen LogP contribution in [-0.2, 0) is 0 Å². The molecule has 0 fully saturated rings. The molecule has 1 aromatic carbocycles. The van der Waals surface area contributed by atoms with E-state index >= 15 is 0 Å². The van der Waals surface area contributed by atoms with Crippen molar-refractivity contribution in [3.63, 3.8) is 0 Å². The fourth-order valence-electron chi connectivity index (χ4n) is 1.94. The quantitative estimate of drug-likeness (QED) is 0.604. The van der Waals surface area contributed by atoms with E-state index in [1.54, 1.807) is 11.3 Å². The van der Waals surface area contributed by atoms with Gasteiger partial charge >= 0.3 is 0 Å². The maximum absolute atomic E-state index is 5.97. The first-order valence-electron chi connectivity index (χ1n) is 5.83. The Morgan fingerprint density at radius 3 is 2.50 bits per heavy atom. The van der Waals surface area contributed by atoms with Crippen molar-refractivity contribution in [3.05, 3.63) is 44.2 Å². The van der Waals surface area contributed by atoms with Crippen molar-refractivity contribution in [2.45, 2.75) is 6.92 Å². The Bertz CT molecular complexity index is 743. The molecule has 20 heavy (non-hydrogen) atoms. The van der Waals surface area contributed by atoms with E-state index in [-0.39, 0.29) is 0 Å². The number of hydrogen-bond acceptors (Lipinski definition) is 4. The number of aryl methyl sites for hydroxylation is 1. The summed E-state index contributed by atoms with van der Waals surface area (Å²) in [6, 6.07) is 10.00. The van der Waals surface area contributed by atoms with Crippen LogP contribution < -0.4 is 5.73 Å². The number of nitrogens with two attached hydrogens (primary N) is 1. The Morgan fingerprint density at radius 2 is 1.90 bits per heavy atom. The smallest absolute Gasteiger partial charge is 0.186 e. The minimum Gasteiger partial charge on any atom is -0.380 e. The van der Waals surface area contributed by atoms with Crippen molar-refractivity contribution >= 4 is 49.0 Å². The molecule has 2 aromatic heterocycles. The van der Waals surface area contributed by atoms with Crippen LogP contribution in [0.4, 0.5) is 5.82 Å². The van der Waals surface area contributed by atoms with Crippen LogP contribution in [-0.4, -0.2) is 5.16 Å². The second-order valence-corrected chi connectivity index (χ2v) is 7.63. The van der Waals surface area contributed by atoms with Gasteiger partial charge in [-0.1, -0.05) is 33.2 Å². The van der Waals surface area contributed by atoms with Gasteiger partial charge < -0.3 is 10.3 Å². The summed E-state index contributed by atoms with van der Waals surface area (Å²) in [5.41, 5.74) is 8.97. The molecule has 0 aliphatic rings. The Morgan fingerprint density at radius 1 is 1.20 bits per heavy atom. The highest BCUT2D eigenvalue weighted by molar-refractivity contribution is 9.11. The molecular formula is C14H10Br2N2OS. The lowest BCUT2D eigenvalue weighted by Gasteiger charge is -2.01. The Kier molecular flexibility index (Phi) is 3.70. The van der Waals surface area contributed by atoms with Crippen LogP contribution in [0.25, 0.3) is 21.8 Å². The molecule has 0 aliphatic carbocycles. The fourth-order valence-corrected chi connectivity index (χ4v) is 3.72. The summed E-state index contributed by atoms with van der Waals surface area (Å²) in [6.07, 6.45) is 0. The van der Waals surface area contributed by atoms with Crippen molar-refractivity contribution in [1.29, 1.82) is 0 Å². The second kappa shape index (κ2) is 5.35. The minimum atomic E-state index is 0.407. The Hall–Kier alpha value is -1.11. The number of nitrogen functional groups attached to an aromatic ring is 1. The summed E-state index contributed by atoms with van der Waals surface area (Å²) in [7, 11) is 0. The van der Waals surface area contributed by atoms with Crippen molar-refractivity contribution in [3.8, 4) is 21.8 Å². The largest absolute Gasteiger partial charge is 0.380 e. The summed E-state index contributed by atoms with van der Waals surface area (Å²) >= 11 is 8.57. The van der Waals surface area contributed by atoms with Gasteiger partial charge in [-0.05, 0) is 52.2 Å². The van der Waals surface area contributed by atoms with Crippen LogP contribution in [0.15, 0.2) is 43.1 Å². The molecule has 2 heterocycles. The molecule has 3 nitrogen and oxygen atoms in total. The van der Waals surface area contributed by atoms with Gasteiger partial charge in [-0.2, -0.15) is 0 Å². The number of rotatable bonds is 2. The molecule has 6 heteroatoms. The fraction of sp³-hybridized carbons (Fsp3) is 0.0714. The number of thiophene rings is 1. The van der Waals surface area contributed by atoms with E-state index < -0.39 is 0 Å². The normalized spacial score (nSPS) is 10.9. The standard InChI is InChI=1S/C14H10Br2N2OS/c1-7-6-10(20-13(7)16)12-11(14(17)18-19-12)8-2-4-9(15)5-3-8/h2-6H,1H3,(H2,17,18). The molecule has 0 amide bonds. The van der Waals surface area contributed by atoms with Gasteiger partial charge in [-0.15, -0.1) is 11.3 Å². The van der Waals surface area contributed by atoms with E-state index in [2.05, 4.69) is 43.1 Å². The average molecular weight is 414 g/mol. The summed E-state index contributed by atoms with van der Waals surface area (Å²) in [4.78, 5) is 1.01. The van der Waals surface area contributed by atoms with E-state index in [1.165, 1.54) is 5.56 Å². The molecule has 0 bridgehead atoms. The average Bonchev–Trinajstić information content (AvgIpc) is 2.95. The SMILES string of the molecule is Cc1cc(-c2onc(N)c2-c2ccc(Br)cc2)sc1Br. The number of hydrogen-bond donors (Lipinski definition) is 1. The monoisotopic (exact) mass is 412 g/mol. The molecule has 0 saturated carbocycles. The van der Waals surface area contributed by atoms with Crippen LogP contribution in [0.5, 0.6) is 0 Å². The molecule has 0 unspecified atom stereocenters. The lowest BCUT2D eigenvalue weighted by atomic mass is 10.1. The maximum atomic E-state index is 5.97. The van der Waals surface area contributed by atoms with Crippen molar-refractivity contribution < 1.29 is 4.52 Å². The van der Waals surface area contributed by atoms with Gasteiger partial charge in [-0.25, -0.2) is 0 Å². The van der Waals surface area contributed by atoms with Crippen molar-refractivity contribution in [2.24, 2.45) is 0 Å². The highest BCUT2D eigenvalue weighted by Gasteiger charge is 2.19. The highest BCUT2D eigenvalue weighted by atomic mass is 79.9. The number of aromatic nitrogens is 1.